The number of aryl methyl sites for hydroxylation is 1. The number of aromatic nitrogens is 2. The Hall–Kier alpha value is -2.02. The minimum atomic E-state index is 0.665. The van der Waals surface area contributed by atoms with Crippen molar-refractivity contribution < 1.29 is 0 Å². The average Bonchev–Trinajstić information content (AvgIpc) is 2.66. The average molecular weight is 198 g/mol. The molecule has 0 aliphatic carbocycles. The van der Waals surface area contributed by atoms with Crippen LogP contribution in [0.1, 0.15) is 12.0 Å². The van der Waals surface area contributed by atoms with Crippen LogP contribution in [0.5, 0.6) is 0 Å². The number of nitrogens with zero attached hydrogens (tertiary/aromatic N) is 3. The van der Waals surface area contributed by atoms with E-state index in [1.54, 1.807) is 0 Å². The van der Waals surface area contributed by atoms with Crippen LogP contribution in [0.25, 0.3) is 11.0 Å². The molecule has 15 heavy (non-hydrogen) atoms. The number of nitrogens with one attached hydrogen (secondary N) is 1. The van der Waals surface area contributed by atoms with Crippen LogP contribution >= 0.6 is 0 Å². The van der Waals surface area contributed by atoms with Crippen molar-refractivity contribution in [3.8, 4) is 6.07 Å². The van der Waals surface area contributed by atoms with Gasteiger partial charge in [0.15, 0.2) is 0 Å². The summed E-state index contributed by atoms with van der Waals surface area (Å²) in [7, 11) is 0. The second kappa shape index (κ2) is 2.99. The van der Waals surface area contributed by atoms with E-state index in [9.17, 15) is 0 Å². The number of benzene rings is 1. The van der Waals surface area contributed by atoms with Crippen molar-refractivity contribution in [3.63, 3.8) is 0 Å². The summed E-state index contributed by atoms with van der Waals surface area (Å²) < 4.78 is 2.17. The van der Waals surface area contributed by atoms with Gasteiger partial charge in [-0.05, 0) is 24.6 Å². The molecule has 1 aromatic heterocycles. The zero-order valence-corrected chi connectivity index (χ0v) is 8.20. The summed E-state index contributed by atoms with van der Waals surface area (Å²) in [6.45, 7) is 1.99. The fraction of sp³-hybridized carbons (Fsp3) is 0.273. The van der Waals surface area contributed by atoms with Crippen LogP contribution in [0, 0.1) is 11.3 Å². The molecule has 0 saturated heterocycles. The Morgan fingerprint density at radius 1 is 1.47 bits per heavy atom. The number of nitriles is 1. The van der Waals surface area contributed by atoms with Crippen molar-refractivity contribution in [1.29, 1.82) is 5.26 Å². The largest absolute Gasteiger partial charge is 0.356 e. The van der Waals surface area contributed by atoms with Gasteiger partial charge in [0.2, 0.25) is 5.95 Å². The molecule has 1 aromatic carbocycles. The Morgan fingerprint density at radius 3 is 3.27 bits per heavy atom. The van der Waals surface area contributed by atoms with Gasteiger partial charge in [-0.3, -0.25) is 0 Å². The Kier molecular flexibility index (Phi) is 1.65. The summed E-state index contributed by atoms with van der Waals surface area (Å²) in [6, 6.07) is 7.77. The third kappa shape index (κ3) is 1.17. The SMILES string of the molecule is N#Cc1ccc2c(c1)nc1n2CCCN1. The second-order valence-electron chi connectivity index (χ2n) is 3.68. The highest BCUT2D eigenvalue weighted by Gasteiger charge is 2.13. The molecule has 4 nitrogen and oxygen atoms in total. The number of rotatable bonds is 0. The van der Waals surface area contributed by atoms with Gasteiger partial charge in [-0.25, -0.2) is 4.98 Å². The highest BCUT2D eigenvalue weighted by Crippen LogP contribution is 2.23. The summed E-state index contributed by atoms with van der Waals surface area (Å²) in [5.74, 6) is 0.923. The smallest absolute Gasteiger partial charge is 0.203 e. The van der Waals surface area contributed by atoms with Crippen LogP contribution in [0.2, 0.25) is 0 Å². The number of imidazole rings is 1. The topological polar surface area (TPSA) is 53.6 Å². The first kappa shape index (κ1) is 8.30. The minimum Gasteiger partial charge on any atom is -0.356 e. The molecule has 0 unspecified atom stereocenters. The van der Waals surface area contributed by atoms with Gasteiger partial charge < -0.3 is 9.88 Å². The predicted molar refractivity (Wildman–Crippen MR) is 57.6 cm³/mol. The van der Waals surface area contributed by atoms with E-state index in [1.807, 2.05) is 18.2 Å². The molecule has 0 bridgehead atoms. The van der Waals surface area contributed by atoms with Crippen molar-refractivity contribution in [3.05, 3.63) is 23.8 Å². The predicted octanol–water partition coefficient (Wildman–Crippen LogP) is 1.72. The van der Waals surface area contributed by atoms with Crippen LogP contribution in [0.4, 0.5) is 5.95 Å². The summed E-state index contributed by atoms with van der Waals surface area (Å²) in [5, 5.41) is 12.1. The van der Waals surface area contributed by atoms with Crippen LogP contribution in [-0.2, 0) is 6.54 Å². The van der Waals surface area contributed by atoms with Gasteiger partial charge in [0.25, 0.3) is 0 Å². The Balaban J connectivity index is 2.28. The molecule has 0 spiro atoms. The van der Waals surface area contributed by atoms with Gasteiger partial charge in [-0.1, -0.05) is 0 Å². The third-order valence-corrected chi connectivity index (χ3v) is 2.72. The molecule has 0 atom stereocenters. The number of fused-ring (bicyclic) bond motifs is 3. The number of anilines is 1. The first-order chi connectivity index (χ1) is 7.38. The maximum atomic E-state index is 8.80. The molecule has 1 aliphatic rings. The van der Waals surface area contributed by atoms with Gasteiger partial charge in [0.05, 0.1) is 22.7 Å². The second-order valence-corrected chi connectivity index (χ2v) is 3.68. The van der Waals surface area contributed by atoms with Gasteiger partial charge in [-0.15, -0.1) is 0 Å². The van der Waals surface area contributed by atoms with E-state index in [1.165, 1.54) is 0 Å². The van der Waals surface area contributed by atoms with Gasteiger partial charge in [0, 0.05) is 13.1 Å². The van der Waals surface area contributed by atoms with Gasteiger partial charge >= 0.3 is 0 Å². The lowest BCUT2D eigenvalue weighted by Gasteiger charge is -2.15. The normalized spacial score (nSPS) is 14.3. The van der Waals surface area contributed by atoms with E-state index >= 15 is 0 Å². The lowest BCUT2D eigenvalue weighted by atomic mass is 10.2. The molecule has 1 aliphatic heterocycles. The number of hydrogen-bond acceptors (Lipinski definition) is 3. The lowest BCUT2D eigenvalue weighted by molar-refractivity contribution is 0.642. The van der Waals surface area contributed by atoms with Gasteiger partial charge in [0.1, 0.15) is 0 Å². The molecule has 2 heterocycles. The van der Waals surface area contributed by atoms with E-state index in [2.05, 4.69) is 20.9 Å². The Labute approximate surface area is 87.1 Å². The van der Waals surface area contributed by atoms with E-state index in [4.69, 9.17) is 5.26 Å². The summed E-state index contributed by atoms with van der Waals surface area (Å²) in [5.41, 5.74) is 2.67. The monoisotopic (exact) mass is 198 g/mol. The van der Waals surface area contributed by atoms with Crippen molar-refractivity contribution in [2.75, 3.05) is 11.9 Å². The molecule has 0 saturated carbocycles. The Morgan fingerprint density at radius 2 is 2.40 bits per heavy atom. The molecule has 1 N–H and O–H groups in total. The first-order valence-electron chi connectivity index (χ1n) is 5.03. The molecule has 0 fully saturated rings. The van der Waals surface area contributed by atoms with E-state index < -0.39 is 0 Å². The van der Waals surface area contributed by atoms with Crippen LogP contribution < -0.4 is 5.32 Å². The quantitative estimate of drug-likeness (QED) is 0.701. The van der Waals surface area contributed by atoms with Crippen molar-refractivity contribution in [1.82, 2.24) is 9.55 Å². The molecule has 0 radical (unpaired) electrons. The molecular formula is C11H10N4. The molecule has 2 aromatic rings. The molecular weight excluding hydrogens is 188 g/mol. The number of hydrogen-bond donors (Lipinski definition) is 1. The fourth-order valence-corrected chi connectivity index (χ4v) is 2.00. The van der Waals surface area contributed by atoms with Crippen LogP contribution in [0.3, 0.4) is 0 Å². The molecule has 3 rings (SSSR count). The lowest BCUT2D eigenvalue weighted by Crippen LogP contribution is -2.16. The highest BCUT2D eigenvalue weighted by molar-refractivity contribution is 5.80. The highest BCUT2D eigenvalue weighted by atomic mass is 15.2. The van der Waals surface area contributed by atoms with E-state index in [0.29, 0.717) is 5.56 Å². The molecule has 74 valence electrons. The third-order valence-electron chi connectivity index (χ3n) is 2.72. The van der Waals surface area contributed by atoms with Crippen LogP contribution in [-0.4, -0.2) is 16.1 Å². The zero-order valence-electron chi connectivity index (χ0n) is 8.20. The van der Waals surface area contributed by atoms with Gasteiger partial charge in [-0.2, -0.15) is 5.26 Å². The summed E-state index contributed by atoms with van der Waals surface area (Å²) in [6.07, 6.45) is 1.12. The zero-order chi connectivity index (χ0) is 10.3. The van der Waals surface area contributed by atoms with Crippen molar-refractivity contribution >= 4 is 17.0 Å². The molecule has 4 heteroatoms. The maximum absolute atomic E-state index is 8.80. The summed E-state index contributed by atoms with van der Waals surface area (Å²) in [4.78, 5) is 4.46. The molecule has 0 amide bonds. The van der Waals surface area contributed by atoms with Crippen molar-refractivity contribution in [2.24, 2.45) is 0 Å². The maximum Gasteiger partial charge on any atom is 0.203 e. The summed E-state index contributed by atoms with van der Waals surface area (Å²) >= 11 is 0. The van der Waals surface area contributed by atoms with E-state index in [-0.39, 0.29) is 0 Å². The first-order valence-corrected chi connectivity index (χ1v) is 5.03. The Bertz CT molecular complexity index is 562. The van der Waals surface area contributed by atoms with Crippen LogP contribution in [0.15, 0.2) is 18.2 Å². The van der Waals surface area contributed by atoms with E-state index in [0.717, 1.165) is 36.5 Å². The fourth-order valence-electron chi connectivity index (χ4n) is 2.00. The minimum absolute atomic E-state index is 0.665. The van der Waals surface area contributed by atoms with Crippen molar-refractivity contribution in [2.45, 2.75) is 13.0 Å². The standard InChI is InChI=1S/C11H10N4/c12-7-8-2-3-10-9(6-8)14-11-13-4-1-5-15(10)11/h2-3,6H,1,4-5H2,(H,13,14).